The van der Waals surface area contributed by atoms with Gasteiger partial charge in [-0.3, -0.25) is 4.79 Å². The van der Waals surface area contributed by atoms with E-state index in [0.29, 0.717) is 24.6 Å². The molecule has 1 heterocycles. The van der Waals surface area contributed by atoms with E-state index in [4.69, 9.17) is 10.2 Å². The number of oxazole rings is 1. The summed E-state index contributed by atoms with van der Waals surface area (Å²) in [7, 11) is 0. The van der Waals surface area contributed by atoms with Gasteiger partial charge in [-0.2, -0.15) is 0 Å². The third-order valence-corrected chi connectivity index (χ3v) is 6.19. The molecule has 0 spiro atoms. The van der Waals surface area contributed by atoms with Crippen molar-refractivity contribution in [3.63, 3.8) is 0 Å². The number of unbranched alkanes of at least 4 members (excludes halogenated alkanes) is 13. The lowest BCUT2D eigenvalue weighted by Crippen LogP contribution is -2.25. The summed E-state index contributed by atoms with van der Waals surface area (Å²) in [5.74, 6) is 0.215. The predicted molar refractivity (Wildman–Crippen MR) is 136 cm³/mol. The summed E-state index contributed by atoms with van der Waals surface area (Å²) < 4.78 is 5.45. The molecular formula is C28H45N3O2. The fourth-order valence-electron chi connectivity index (χ4n) is 4.13. The molecule has 0 aliphatic heterocycles. The average Bonchev–Trinajstić information content (AvgIpc) is 3.33. The Morgan fingerprint density at radius 3 is 2.00 bits per heavy atom. The third-order valence-electron chi connectivity index (χ3n) is 6.19. The zero-order valence-corrected chi connectivity index (χ0v) is 20.7. The van der Waals surface area contributed by atoms with Gasteiger partial charge in [0.05, 0.1) is 6.04 Å². The van der Waals surface area contributed by atoms with Crippen LogP contribution < -0.4 is 11.1 Å². The summed E-state index contributed by atoms with van der Waals surface area (Å²) >= 11 is 0. The van der Waals surface area contributed by atoms with E-state index in [1.54, 1.807) is 0 Å². The third kappa shape index (κ3) is 12.0. The number of hydrogen-bond acceptors (Lipinski definition) is 4. The van der Waals surface area contributed by atoms with Crippen LogP contribution in [0.2, 0.25) is 0 Å². The number of carbonyl (C=O) groups excluding carboxylic acids is 1. The Morgan fingerprint density at radius 2 is 1.42 bits per heavy atom. The van der Waals surface area contributed by atoms with Crippen LogP contribution in [0.1, 0.15) is 125 Å². The van der Waals surface area contributed by atoms with Gasteiger partial charge in [0.25, 0.3) is 5.91 Å². The molecule has 184 valence electrons. The topological polar surface area (TPSA) is 81.2 Å². The van der Waals surface area contributed by atoms with Gasteiger partial charge >= 0.3 is 0 Å². The predicted octanol–water partition coefficient (Wildman–Crippen LogP) is 7.13. The van der Waals surface area contributed by atoms with Gasteiger partial charge in [0.15, 0.2) is 5.69 Å². The molecule has 0 aliphatic rings. The quantitative estimate of drug-likeness (QED) is 0.221. The number of hydrogen-bond donors (Lipinski definition) is 2. The van der Waals surface area contributed by atoms with E-state index in [-0.39, 0.29) is 11.9 Å². The molecule has 1 atom stereocenters. The van der Waals surface area contributed by atoms with Crippen LogP contribution in [0, 0.1) is 0 Å². The lowest BCUT2D eigenvalue weighted by atomic mass is 10.0. The smallest absolute Gasteiger partial charge is 0.273 e. The van der Waals surface area contributed by atoms with E-state index in [0.717, 1.165) is 18.4 Å². The van der Waals surface area contributed by atoms with Gasteiger partial charge in [-0.25, -0.2) is 4.98 Å². The molecule has 0 aliphatic carbocycles. The molecule has 1 aromatic carbocycles. The number of nitrogens with zero attached hydrogens (tertiary/aromatic N) is 1. The van der Waals surface area contributed by atoms with Gasteiger partial charge in [0.1, 0.15) is 6.26 Å². The highest BCUT2D eigenvalue weighted by atomic mass is 16.3. The molecule has 33 heavy (non-hydrogen) atoms. The first-order chi connectivity index (χ1) is 16.2. The molecule has 0 radical (unpaired) electrons. The highest BCUT2D eigenvalue weighted by Crippen LogP contribution is 2.16. The van der Waals surface area contributed by atoms with Crippen LogP contribution >= 0.6 is 0 Å². The van der Waals surface area contributed by atoms with E-state index in [1.165, 1.54) is 83.3 Å². The van der Waals surface area contributed by atoms with Crippen molar-refractivity contribution in [1.29, 1.82) is 0 Å². The number of nitrogens with two attached hydrogens (primary N) is 1. The van der Waals surface area contributed by atoms with Crippen molar-refractivity contribution in [2.45, 2.75) is 109 Å². The van der Waals surface area contributed by atoms with Gasteiger partial charge in [0, 0.05) is 6.54 Å². The molecule has 1 aromatic heterocycles. The molecule has 0 fully saturated rings. The second-order valence-electron chi connectivity index (χ2n) is 9.22. The Hall–Kier alpha value is -2.14. The summed E-state index contributed by atoms with van der Waals surface area (Å²) in [6.07, 6.45) is 20.6. The zero-order valence-electron chi connectivity index (χ0n) is 20.7. The maximum Gasteiger partial charge on any atom is 0.273 e. The van der Waals surface area contributed by atoms with E-state index < -0.39 is 0 Å². The monoisotopic (exact) mass is 455 g/mol. The molecule has 5 heteroatoms. The summed E-state index contributed by atoms with van der Waals surface area (Å²) in [6, 6.07) is 9.61. The number of nitrogens with one attached hydrogen (secondary N) is 1. The second kappa shape index (κ2) is 17.4. The summed E-state index contributed by atoms with van der Waals surface area (Å²) in [6.45, 7) is 2.95. The first kappa shape index (κ1) is 27.1. The fourth-order valence-corrected chi connectivity index (χ4v) is 4.13. The molecule has 0 bridgehead atoms. The van der Waals surface area contributed by atoms with Crippen molar-refractivity contribution in [3.05, 3.63) is 53.7 Å². The molecular weight excluding hydrogens is 410 g/mol. The Labute approximate surface area is 200 Å². The molecule has 0 saturated heterocycles. The van der Waals surface area contributed by atoms with Gasteiger partial charge in [0.2, 0.25) is 5.89 Å². The molecule has 1 unspecified atom stereocenters. The number of aromatic nitrogens is 1. The molecule has 0 saturated carbocycles. The van der Waals surface area contributed by atoms with Gasteiger partial charge in [-0.1, -0.05) is 121 Å². The highest BCUT2D eigenvalue weighted by molar-refractivity contribution is 5.91. The Kier molecular flexibility index (Phi) is 14.3. The Balaban J connectivity index is 1.45. The van der Waals surface area contributed by atoms with E-state index in [1.807, 2.05) is 30.3 Å². The highest BCUT2D eigenvalue weighted by Gasteiger charge is 2.17. The van der Waals surface area contributed by atoms with Gasteiger partial charge in [-0.15, -0.1) is 0 Å². The minimum atomic E-state index is -0.361. The van der Waals surface area contributed by atoms with Crippen LogP contribution in [0.3, 0.4) is 0 Å². The SMILES string of the molecule is CCCCCCCCCCCCCCCCNC(=O)c1coc(C(N)Cc2ccccc2)n1. The molecule has 1 amide bonds. The van der Waals surface area contributed by atoms with Crippen molar-refractivity contribution in [2.24, 2.45) is 5.73 Å². The standard InChI is InChI=1S/C28H45N3O2/c1-2-3-4-5-6-7-8-9-10-11-12-13-14-18-21-30-27(32)26-23-33-28(31-26)25(29)22-24-19-16-15-17-20-24/h15-17,19-20,23,25H,2-14,18,21-22,29H2,1H3,(H,30,32). The lowest BCUT2D eigenvalue weighted by Gasteiger charge is -2.07. The Bertz CT molecular complexity index is 745. The van der Waals surface area contributed by atoms with Gasteiger partial charge < -0.3 is 15.5 Å². The Morgan fingerprint density at radius 1 is 0.879 bits per heavy atom. The van der Waals surface area contributed by atoms with Crippen molar-refractivity contribution >= 4 is 5.91 Å². The van der Waals surface area contributed by atoms with Crippen LogP contribution in [-0.2, 0) is 6.42 Å². The van der Waals surface area contributed by atoms with E-state index >= 15 is 0 Å². The minimum absolute atomic E-state index is 0.188. The maximum atomic E-state index is 12.3. The van der Waals surface area contributed by atoms with E-state index in [2.05, 4.69) is 17.2 Å². The second-order valence-corrected chi connectivity index (χ2v) is 9.22. The minimum Gasteiger partial charge on any atom is -0.446 e. The van der Waals surface area contributed by atoms with Gasteiger partial charge in [-0.05, 0) is 18.4 Å². The summed E-state index contributed by atoms with van der Waals surface area (Å²) in [4.78, 5) is 16.6. The van der Waals surface area contributed by atoms with Crippen LogP contribution in [0.4, 0.5) is 0 Å². The van der Waals surface area contributed by atoms with Crippen molar-refractivity contribution in [1.82, 2.24) is 10.3 Å². The maximum absolute atomic E-state index is 12.3. The molecule has 5 nitrogen and oxygen atoms in total. The zero-order chi connectivity index (χ0) is 23.6. The molecule has 3 N–H and O–H groups in total. The van der Waals surface area contributed by atoms with Crippen LogP contribution in [-0.4, -0.2) is 17.4 Å². The molecule has 2 aromatic rings. The van der Waals surface area contributed by atoms with Crippen molar-refractivity contribution in [3.8, 4) is 0 Å². The number of carbonyl (C=O) groups is 1. The van der Waals surface area contributed by atoms with Crippen LogP contribution in [0.15, 0.2) is 41.0 Å². The first-order valence-electron chi connectivity index (χ1n) is 13.2. The lowest BCUT2D eigenvalue weighted by molar-refractivity contribution is 0.0948. The van der Waals surface area contributed by atoms with Crippen molar-refractivity contribution < 1.29 is 9.21 Å². The van der Waals surface area contributed by atoms with Crippen LogP contribution in [0.25, 0.3) is 0 Å². The number of rotatable bonds is 19. The van der Waals surface area contributed by atoms with E-state index in [9.17, 15) is 4.79 Å². The number of benzene rings is 1. The largest absolute Gasteiger partial charge is 0.446 e. The van der Waals surface area contributed by atoms with Crippen LogP contribution in [0.5, 0.6) is 0 Å². The average molecular weight is 456 g/mol. The first-order valence-corrected chi connectivity index (χ1v) is 13.2. The summed E-state index contributed by atoms with van der Waals surface area (Å²) in [5.41, 5.74) is 7.61. The fraction of sp³-hybridized carbons (Fsp3) is 0.643. The van der Waals surface area contributed by atoms with Crippen molar-refractivity contribution in [2.75, 3.05) is 6.54 Å². The summed E-state index contributed by atoms with van der Waals surface area (Å²) in [5, 5.41) is 2.94. The normalized spacial score (nSPS) is 12.1. The number of amides is 1. The molecule has 2 rings (SSSR count).